The summed E-state index contributed by atoms with van der Waals surface area (Å²) in [5, 5.41) is 17.8. The largest absolute Gasteiger partial charge is 0.382 e. The van der Waals surface area contributed by atoms with Crippen LogP contribution in [0.1, 0.15) is 10.5 Å². The van der Waals surface area contributed by atoms with E-state index in [0.29, 0.717) is 5.69 Å². The minimum absolute atomic E-state index is 0.0455. The fraction of sp³-hybridized carbons (Fsp3) is 0.0909. The predicted molar refractivity (Wildman–Crippen MR) is 68.3 cm³/mol. The van der Waals surface area contributed by atoms with Gasteiger partial charge in [-0.05, 0) is 18.2 Å². The Kier molecular flexibility index (Phi) is 3.15. The highest BCUT2D eigenvalue weighted by atomic mass is 16.6. The fourth-order valence-electron chi connectivity index (χ4n) is 1.70. The maximum Gasteiger partial charge on any atom is 0.317 e. The third-order valence-corrected chi connectivity index (χ3v) is 2.55. The van der Waals surface area contributed by atoms with E-state index >= 15 is 0 Å². The maximum atomic E-state index is 11.1. The number of nitrogens with one attached hydrogen (secondary N) is 1. The fourth-order valence-corrected chi connectivity index (χ4v) is 1.70. The minimum atomic E-state index is -0.689. The van der Waals surface area contributed by atoms with Crippen LogP contribution in [0, 0.1) is 10.1 Å². The van der Waals surface area contributed by atoms with Crippen molar-refractivity contribution in [1.82, 2.24) is 9.78 Å². The molecule has 1 heterocycles. The first kappa shape index (κ1) is 12.6. The SMILES string of the molecule is CNc1cccc(-n2ccc(C(N)=O)n2)c1[N+](=O)[O-]. The number of nitro benzene ring substituents is 1. The lowest BCUT2D eigenvalue weighted by atomic mass is 10.2. The average molecular weight is 261 g/mol. The number of nitrogens with two attached hydrogens (primary N) is 1. The van der Waals surface area contributed by atoms with Crippen molar-refractivity contribution in [1.29, 1.82) is 0 Å². The third-order valence-electron chi connectivity index (χ3n) is 2.55. The van der Waals surface area contributed by atoms with Crippen LogP contribution in [0.3, 0.4) is 0 Å². The molecular formula is C11H11N5O3. The summed E-state index contributed by atoms with van der Waals surface area (Å²) in [6.07, 6.45) is 1.45. The molecule has 8 nitrogen and oxygen atoms in total. The Bertz CT molecular complexity index is 650. The standard InChI is InChI=1S/C11H11N5O3/c1-13-7-3-2-4-9(10(7)16(18)19)15-6-5-8(14-15)11(12)17/h2-6,13H,1H3,(H2,12,17). The van der Waals surface area contributed by atoms with Crippen molar-refractivity contribution in [3.63, 3.8) is 0 Å². The van der Waals surface area contributed by atoms with Gasteiger partial charge in [0.2, 0.25) is 0 Å². The number of anilines is 1. The smallest absolute Gasteiger partial charge is 0.317 e. The summed E-state index contributed by atoms with van der Waals surface area (Å²) >= 11 is 0. The van der Waals surface area contributed by atoms with Crippen LogP contribution in [0.4, 0.5) is 11.4 Å². The van der Waals surface area contributed by atoms with E-state index in [1.54, 1.807) is 19.2 Å². The maximum absolute atomic E-state index is 11.1. The molecule has 2 rings (SSSR count). The number of aromatic nitrogens is 2. The molecule has 0 saturated heterocycles. The van der Waals surface area contributed by atoms with E-state index in [4.69, 9.17) is 5.73 Å². The molecular weight excluding hydrogens is 250 g/mol. The molecule has 0 atom stereocenters. The molecule has 1 amide bonds. The van der Waals surface area contributed by atoms with Gasteiger partial charge in [0.15, 0.2) is 0 Å². The molecule has 1 aromatic carbocycles. The Balaban J connectivity index is 2.60. The summed E-state index contributed by atoms with van der Waals surface area (Å²) in [5.74, 6) is -0.689. The lowest BCUT2D eigenvalue weighted by molar-refractivity contribution is -0.383. The van der Waals surface area contributed by atoms with E-state index in [1.165, 1.54) is 23.0 Å². The molecule has 2 aromatic rings. The summed E-state index contributed by atoms with van der Waals surface area (Å²) in [7, 11) is 1.59. The second kappa shape index (κ2) is 4.77. The molecule has 8 heteroatoms. The van der Waals surface area contributed by atoms with Crippen LogP contribution < -0.4 is 11.1 Å². The predicted octanol–water partition coefficient (Wildman–Crippen LogP) is 0.921. The van der Waals surface area contributed by atoms with Crippen molar-refractivity contribution in [2.45, 2.75) is 0 Å². The van der Waals surface area contributed by atoms with Crippen molar-refractivity contribution >= 4 is 17.3 Å². The molecule has 0 radical (unpaired) electrons. The van der Waals surface area contributed by atoms with Crippen LogP contribution in [0.5, 0.6) is 0 Å². The van der Waals surface area contributed by atoms with Crippen molar-refractivity contribution in [3.8, 4) is 5.69 Å². The molecule has 0 saturated carbocycles. The molecule has 0 bridgehead atoms. The number of amides is 1. The van der Waals surface area contributed by atoms with E-state index in [1.807, 2.05) is 0 Å². The number of carbonyl (C=O) groups is 1. The second-order valence-corrected chi connectivity index (χ2v) is 3.69. The van der Waals surface area contributed by atoms with Gasteiger partial charge in [-0.1, -0.05) is 6.07 Å². The van der Waals surface area contributed by atoms with Gasteiger partial charge in [0, 0.05) is 13.2 Å². The number of benzene rings is 1. The highest BCUT2D eigenvalue weighted by Crippen LogP contribution is 2.30. The van der Waals surface area contributed by atoms with Crippen LogP contribution in [0.2, 0.25) is 0 Å². The summed E-state index contributed by atoms with van der Waals surface area (Å²) < 4.78 is 1.25. The van der Waals surface area contributed by atoms with E-state index in [0.717, 1.165) is 0 Å². The second-order valence-electron chi connectivity index (χ2n) is 3.69. The Morgan fingerprint density at radius 2 is 2.21 bits per heavy atom. The number of rotatable bonds is 4. The van der Waals surface area contributed by atoms with E-state index in [-0.39, 0.29) is 17.1 Å². The van der Waals surface area contributed by atoms with Crippen molar-refractivity contribution in [3.05, 3.63) is 46.3 Å². The van der Waals surface area contributed by atoms with Gasteiger partial charge in [-0.3, -0.25) is 14.9 Å². The molecule has 0 aliphatic carbocycles. The summed E-state index contributed by atoms with van der Waals surface area (Å²) in [5.41, 5.74) is 5.64. The first-order valence-corrected chi connectivity index (χ1v) is 5.35. The zero-order chi connectivity index (χ0) is 14.0. The molecule has 3 N–H and O–H groups in total. The number of hydrogen-bond donors (Lipinski definition) is 2. The topological polar surface area (TPSA) is 116 Å². The van der Waals surface area contributed by atoms with Gasteiger partial charge in [0.25, 0.3) is 5.91 Å². The number of primary amides is 1. The first-order chi connectivity index (χ1) is 9.04. The van der Waals surface area contributed by atoms with Crippen molar-refractivity contribution < 1.29 is 9.72 Å². The molecule has 98 valence electrons. The zero-order valence-electron chi connectivity index (χ0n) is 10.0. The van der Waals surface area contributed by atoms with Gasteiger partial charge in [-0.2, -0.15) is 5.10 Å². The average Bonchev–Trinajstić information content (AvgIpc) is 2.87. The van der Waals surface area contributed by atoms with Crippen LogP contribution in [0.15, 0.2) is 30.5 Å². The lowest BCUT2D eigenvalue weighted by Gasteiger charge is -2.07. The van der Waals surface area contributed by atoms with Crippen LogP contribution in [0.25, 0.3) is 5.69 Å². The van der Waals surface area contributed by atoms with Gasteiger partial charge < -0.3 is 11.1 Å². The molecule has 19 heavy (non-hydrogen) atoms. The van der Waals surface area contributed by atoms with E-state index < -0.39 is 10.8 Å². The number of nitrogens with zero attached hydrogens (tertiary/aromatic N) is 3. The highest BCUT2D eigenvalue weighted by molar-refractivity contribution is 5.90. The Morgan fingerprint density at radius 1 is 1.47 bits per heavy atom. The molecule has 0 aliphatic rings. The Morgan fingerprint density at radius 3 is 2.74 bits per heavy atom. The molecule has 0 fully saturated rings. The summed E-state index contributed by atoms with van der Waals surface area (Å²) in [6.45, 7) is 0. The summed E-state index contributed by atoms with van der Waals surface area (Å²) in [6, 6.07) is 6.18. The number of para-hydroxylation sites is 1. The van der Waals surface area contributed by atoms with Crippen molar-refractivity contribution in [2.75, 3.05) is 12.4 Å². The Hall–Kier alpha value is -2.90. The normalized spacial score (nSPS) is 10.2. The zero-order valence-corrected chi connectivity index (χ0v) is 10.0. The first-order valence-electron chi connectivity index (χ1n) is 5.35. The lowest BCUT2D eigenvalue weighted by Crippen LogP contribution is -2.12. The minimum Gasteiger partial charge on any atom is -0.382 e. The van der Waals surface area contributed by atoms with Gasteiger partial charge in [0.05, 0.1) is 4.92 Å². The van der Waals surface area contributed by atoms with Crippen molar-refractivity contribution in [2.24, 2.45) is 5.73 Å². The summed E-state index contributed by atoms with van der Waals surface area (Å²) in [4.78, 5) is 21.6. The van der Waals surface area contributed by atoms with Gasteiger partial charge in [0.1, 0.15) is 17.1 Å². The molecule has 0 aliphatic heterocycles. The highest BCUT2D eigenvalue weighted by Gasteiger charge is 2.21. The molecule has 0 spiro atoms. The van der Waals surface area contributed by atoms with Crippen LogP contribution >= 0.6 is 0 Å². The number of carbonyl (C=O) groups excluding carboxylic acids is 1. The monoisotopic (exact) mass is 261 g/mol. The van der Waals surface area contributed by atoms with Gasteiger partial charge in [-0.15, -0.1) is 0 Å². The third kappa shape index (κ3) is 2.23. The number of hydrogen-bond acceptors (Lipinski definition) is 5. The number of nitro groups is 1. The van der Waals surface area contributed by atoms with E-state index in [2.05, 4.69) is 10.4 Å². The quantitative estimate of drug-likeness (QED) is 0.627. The van der Waals surface area contributed by atoms with E-state index in [9.17, 15) is 14.9 Å². The van der Waals surface area contributed by atoms with Crippen LogP contribution in [-0.4, -0.2) is 27.7 Å². The Labute approximate surface area is 108 Å². The molecule has 0 unspecified atom stereocenters. The molecule has 1 aromatic heterocycles. The van der Waals surface area contributed by atoms with Gasteiger partial charge in [-0.25, -0.2) is 4.68 Å². The van der Waals surface area contributed by atoms with Gasteiger partial charge >= 0.3 is 5.69 Å². The van der Waals surface area contributed by atoms with Crippen LogP contribution in [-0.2, 0) is 0 Å².